The lowest BCUT2D eigenvalue weighted by Gasteiger charge is -2.06. The van der Waals surface area contributed by atoms with Crippen LogP contribution in [0, 0.1) is 0 Å². The molecule has 0 radical (unpaired) electrons. The molecule has 2 aromatic rings. The third kappa shape index (κ3) is 4.90. The maximum absolute atomic E-state index is 11.9. The van der Waals surface area contributed by atoms with Gasteiger partial charge in [0, 0.05) is 17.1 Å². The van der Waals surface area contributed by atoms with Crippen LogP contribution >= 0.6 is 27.3 Å². The maximum Gasteiger partial charge on any atom is 0.215 e. The monoisotopic (exact) mass is 374 g/mol. The highest BCUT2D eigenvalue weighted by molar-refractivity contribution is 9.11. The van der Waals surface area contributed by atoms with E-state index in [1.807, 2.05) is 12.1 Å². The molecule has 0 bridgehead atoms. The van der Waals surface area contributed by atoms with E-state index in [2.05, 4.69) is 20.7 Å². The second-order valence-corrected chi connectivity index (χ2v) is 8.71. The molecule has 1 heterocycles. The van der Waals surface area contributed by atoms with Gasteiger partial charge < -0.3 is 5.73 Å². The number of thiophene rings is 1. The molecule has 0 aliphatic heterocycles. The van der Waals surface area contributed by atoms with Gasteiger partial charge in [-0.3, -0.25) is 0 Å². The number of benzene rings is 1. The van der Waals surface area contributed by atoms with Gasteiger partial charge in [-0.15, -0.1) is 11.3 Å². The van der Waals surface area contributed by atoms with Crippen LogP contribution in [0.4, 0.5) is 5.69 Å². The average molecular weight is 375 g/mol. The Bertz CT molecular complexity index is 683. The second kappa shape index (κ2) is 6.71. The van der Waals surface area contributed by atoms with E-state index in [1.54, 1.807) is 35.6 Å². The maximum atomic E-state index is 11.9. The molecule has 0 atom stereocenters. The van der Waals surface area contributed by atoms with Crippen molar-refractivity contribution in [1.29, 1.82) is 0 Å². The number of anilines is 1. The molecular formula is C13H15BrN2O2S2. The molecular weight excluding hydrogens is 360 g/mol. The van der Waals surface area contributed by atoms with E-state index in [0.29, 0.717) is 24.2 Å². The van der Waals surface area contributed by atoms with Crippen molar-refractivity contribution in [2.24, 2.45) is 0 Å². The molecule has 0 aliphatic rings. The summed E-state index contributed by atoms with van der Waals surface area (Å²) < 4.78 is 27.6. The zero-order valence-electron chi connectivity index (χ0n) is 10.7. The summed E-state index contributed by atoms with van der Waals surface area (Å²) in [5.41, 5.74) is 6.90. The average Bonchev–Trinajstić information content (AvgIpc) is 2.74. The summed E-state index contributed by atoms with van der Waals surface area (Å²) in [7, 11) is -3.33. The molecule has 0 fully saturated rings. The minimum Gasteiger partial charge on any atom is -0.399 e. The molecule has 0 saturated heterocycles. The van der Waals surface area contributed by atoms with Crippen LogP contribution in [0.15, 0.2) is 40.2 Å². The standard InChI is InChI=1S/C13H15BrN2O2S2/c14-13-5-4-12(19-13)6-7-16-20(17,18)9-10-2-1-3-11(15)8-10/h1-5,8,16H,6-7,9,15H2. The van der Waals surface area contributed by atoms with E-state index < -0.39 is 10.0 Å². The molecule has 108 valence electrons. The fourth-order valence-electron chi connectivity index (χ4n) is 1.77. The highest BCUT2D eigenvalue weighted by Crippen LogP contribution is 2.22. The van der Waals surface area contributed by atoms with E-state index in [9.17, 15) is 8.42 Å². The van der Waals surface area contributed by atoms with Crippen LogP contribution in [0.2, 0.25) is 0 Å². The number of nitrogen functional groups attached to an aromatic ring is 1. The summed E-state index contributed by atoms with van der Waals surface area (Å²) >= 11 is 4.99. The summed E-state index contributed by atoms with van der Waals surface area (Å²) in [4.78, 5) is 1.14. The van der Waals surface area contributed by atoms with Gasteiger partial charge in [0.1, 0.15) is 0 Å². The molecule has 4 nitrogen and oxygen atoms in total. The largest absolute Gasteiger partial charge is 0.399 e. The van der Waals surface area contributed by atoms with Crippen molar-refractivity contribution >= 4 is 43.0 Å². The van der Waals surface area contributed by atoms with Crippen molar-refractivity contribution in [2.75, 3.05) is 12.3 Å². The van der Waals surface area contributed by atoms with Gasteiger partial charge in [-0.05, 0) is 52.2 Å². The number of hydrogen-bond acceptors (Lipinski definition) is 4. The number of nitrogens with one attached hydrogen (secondary N) is 1. The van der Waals surface area contributed by atoms with Gasteiger partial charge in [0.15, 0.2) is 0 Å². The molecule has 2 rings (SSSR count). The van der Waals surface area contributed by atoms with E-state index in [1.165, 1.54) is 0 Å². The lowest BCUT2D eigenvalue weighted by atomic mass is 10.2. The molecule has 0 aliphatic carbocycles. The normalized spacial score (nSPS) is 11.7. The Hall–Kier alpha value is -0.890. The number of sulfonamides is 1. The smallest absolute Gasteiger partial charge is 0.215 e. The van der Waals surface area contributed by atoms with E-state index in [-0.39, 0.29) is 5.75 Å². The second-order valence-electron chi connectivity index (χ2n) is 4.35. The minimum absolute atomic E-state index is 0.0494. The Balaban J connectivity index is 1.88. The van der Waals surface area contributed by atoms with Crippen molar-refractivity contribution in [3.8, 4) is 0 Å². The zero-order valence-corrected chi connectivity index (χ0v) is 13.9. The van der Waals surface area contributed by atoms with E-state index in [0.717, 1.165) is 8.66 Å². The van der Waals surface area contributed by atoms with Gasteiger partial charge >= 0.3 is 0 Å². The van der Waals surface area contributed by atoms with Gasteiger partial charge in [0.05, 0.1) is 9.54 Å². The first-order chi connectivity index (χ1) is 9.44. The molecule has 0 amide bonds. The third-order valence-electron chi connectivity index (χ3n) is 2.63. The van der Waals surface area contributed by atoms with Gasteiger partial charge in [-0.1, -0.05) is 12.1 Å². The van der Waals surface area contributed by atoms with Gasteiger partial charge in [-0.25, -0.2) is 13.1 Å². The number of rotatable bonds is 6. The van der Waals surface area contributed by atoms with E-state index in [4.69, 9.17) is 5.73 Å². The number of hydrogen-bond donors (Lipinski definition) is 2. The topological polar surface area (TPSA) is 72.2 Å². The van der Waals surface area contributed by atoms with Gasteiger partial charge in [0.2, 0.25) is 10.0 Å². The van der Waals surface area contributed by atoms with Crippen molar-refractivity contribution in [2.45, 2.75) is 12.2 Å². The van der Waals surface area contributed by atoms with Crippen LogP contribution in [0.5, 0.6) is 0 Å². The van der Waals surface area contributed by atoms with Crippen LogP contribution in [0.1, 0.15) is 10.4 Å². The molecule has 0 unspecified atom stereocenters. The summed E-state index contributed by atoms with van der Waals surface area (Å²) in [5.74, 6) is -0.0494. The molecule has 1 aromatic carbocycles. The summed E-state index contributed by atoms with van der Waals surface area (Å²) in [6.45, 7) is 0.400. The minimum atomic E-state index is -3.33. The van der Waals surface area contributed by atoms with Crippen LogP contribution in [0.3, 0.4) is 0 Å². The first-order valence-corrected chi connectivity index (χ1v) is 9.27. The van der Waals surface area contributed by atoms with Gasteiger partial charge in [-0.2, -0.15) is 0 Å². The molecule has 0 saturated carbocycles. The molecule has 3 N–H and O–H groups in total. The molecule has 1 aromatic heterocycles. The Morgan fingerprint density at radius 1 is 1.25 bits per heavy atom. The lowest BCUT2D eigenvalue weighted by molar-refractivity contribution is 0.581. The van der Waals surface area contributed by atoms with Crippen LogP contribution in [-0.2, 0) is 22.2 Å². The zero-order chi connectivity index (χ0) is 14.6. The summed E-state index contributed by atoms with van der Waals surface area (Å²) in [5, 5.41) is 0. The first kappa shape index (κ1) is 15.5. The molecule has 0 spiro atoms. The Kier molecular flexibility index (Phi) is 5.20. The predicted molar refractivity (Wildman–Crippen MR) is 87.2 cm³/mol. The summed E-state index contributed by atoms with van der Waals surface area (Å²) in [6.07, 6.45) is 0.687. The fourth-order valence-corrected chi connectivity index (χ4v) is 4.39. The Morgan fingerprint density at radius 3 is 2.70 bits per heavy atom. The first-order valence-electron chi connectivity index (χ1n) is 6.00. The van der Waals surface area contributed by atoms with Crippen molar-refractivity contribution < 1.29 is 8.42 Å². The van der Waals surface area contributed by atoms with Crippen LogP contribution in [-0.4, -0.2) is 15.0 Å². The van der Waals surface area contributed by atoms with Crippen molar-refractivity contribution in [3.63, 3.8) is 0 Å². The fraction of sp³-hybridized carbons (Fsp3) is 0.231. The van der Waals surface area contributed by atoms with Gasteiger partial charge in [0.25, 0.3) is 0 Å². The summed E-state index contributed by atoms with van der Waals surface area (Å²) in [6, 6.07) is 10.9. The van der Waals surface area contributed by atoms with Crippen molar-refractivity contribution in [1.82, 2.24) is 4.72 Å². The van der Waals surface area contributed by atoms with Crippen LogP contribution < -0.4 is 10.5 Å². The van der Waals surface area contributed by atoms with E-state index >= 15 is 0 Å². The van der Waals surface area contributed by atoms with Crippen molar-refractivity contribution in [3.05, 3.63) is 50.6 Å². The number of nitrogens with two attached hydrogens (primary N) is 1. The Labute approximate surface area is 131 Å². The lowest BCUT2D eigenvalue weighted by Crippen LogP contribution is -2.27. The Morgan fingerprint density at radius 2 is 2.05 bits per heavy atom. The highest BCUT2D eigenvalue weighted by Gasteiger charge is 2.11. The molecule has 7 heteroatoms. The van der Waals surface area contributed by atoms with Crippen LogP contribution in [0.25, 0.3) is 0 Å². The quantitative estimate of drug-likeness (QED) is 0.763. The number of halogens is 1. The SMILES string of the molecule is Nc1cccc(CS(=O)(=O)NCCc2ccc(Br)s2)c1. The predicted octanol–water partition coefficient (Wildman–Crippen LogP) is 2.75. The highest BCUT2D eigenvalue weighted by atomic mass is 79.9. The third-order valence-corrected chi connectivity index (χ3v) is 5.67. The molecule has 20 heavy (non-hydrogen) atoms.